The van der Waals surface area contributed by atoms with Crippen molar-refractivity contribution in [2.24, 2.45) is 5.41 Å². The summed E-state index contributed by atoms with van der Waals surface area (Å²) in [6, 6.07) is 12.6. The van der Waals surface area contributed by atoms with Crippen LogP contribution in [0.25, 0.3) is 0 Å². The Morgan fingerprint density at radius 1 is 1.05 bits per heavy atom. The summed E-state index contributed by atoms with van der Waals surface area (Å²) in [6.07, 6.45) is 1.07. The van der Waals surface area contributed by atoms with E-state index >= 15 is 0 Å². The van der Waals surface area contributed by atoms with Crippen molar-refractivity contribution in [3.63, 3.8) is 0 Å². The summed E-state index contributed by atoms with van der Waals surface area (Å²) >= 11 is 0. The Morgan fingerprint density at radius 3 is 2.45 bits per heavy atom. The first-order chi connectivity index (χ1) is 18.2. The third-order valence-corrected chi connectivity index (χ3v) is 6.86. The molecule has 0 fully saturated rings. The van der Waals surface area contributed by atoms with Gasteiger partial charge in [0.25, 0.3) is 0 Å². The quantitative estimate of drug-likeness (QED) is 0.468. The van der Waals surface area contributed by atoms with Crippen molar-refractivity contribution in [1.82, 2.24) is 5.32 Å². The third-order valence-electron chi connectivity index (χ3n) is 6.86. The van der Waals surface area contributed by atoms with Crippen LogP contribution < -0.4 is 19.5 Å². The number of esters is 1. The van der Waals surface area contributed by atoms with Crippen LogP contribution in [0.3, 0.4) is 0 Å². The summed E-state index contributed by atoms with van der Waals surface area (Å²) in [5.41, 5.74) is 3.79. The molecule has 0 aromatic heterocycles. The van der Waals surface area contributed by atoms with E-state index in [1.165, 1.54) is 7.11 Å². The molecule has 2 aliphatic rings. The monoisotopic (exact) mass is 521 g/mol. The van der Waals surface area contributed by atoms with Gasteiger partial charge in [-0.25, -0.2) is 4.79 Å². The normalized spacial score (nSPS) is 18.5. The number of ether oxygens (including phenoxy) is 4. The number of dihydropyridines is 1. The lowest BCUT2D eigenvalue weighted by Crippen LogP contribution is -2.38. The maximum absolute atomic E-state index is 13.6. The first kappa shape index (κ1) is 27.3. The van der Waals surface area contributed by atoms with E-state index in [-0.39, 0.29) is 31.0 Å². The van der Waals surface area contributed by atoms with Crippen molar-refractivity contribution >= 4 is 11.8 Å². The lowest BCUT2D eigenvalue weighted by Gasteiger charge is -2.39. The maximum atomic E-state index is 13.6. The van der Waals surface area contributed by atoms with Crippen molar-refractivity contribution < 1.29 is 33.6 Å². The number of carbonyl (C=O) groups is 2. The number of aliphatic hydroxyl groups is 1. The minimum absolute atomic E-state index is 0.00118. The van der Waals surface area contributed by atoms with Gasteiger partial charge in [0.2, 0.25) is 0 Å². The van der Waals surface area contributed by atoms with Gasteiger partial charge in [0.15, 0.2) is 17.3 Å². The van der Waals surface area contributed by atoms with E-state index in [2.05, 4.69) is 19.2 Å². The zero-order valence-corrected chi connectivity index (χ0v) is 22.6. The minimum atomic E-state index is -0.626. The zero-order valence-electron chi connectivity index (χ0n) is 22.6. The zero-order chi connectivity index (χ0) is 27.4. The van der Waals surface area contributed by atoms with Gasteiger partial charge < -0.3 is 29.4 Å². The van der Waals surface area contributed by atoms with Crippen LogP contribution in [-0.4, -0.2) is 44.3 Å². The highest BCUT2D eigenvalue weighted by atomic mass is 16.5. The molecule has 0 spiro atoms. The van der Waals surface area contributed by atoms with Gasteiger partial charge >= 0.3 is 5.97 Å². The van der Waals surface area contributed by atoms with Crippen LogP contribution in [0.2, 0.25) is 0 Å². The molecule has 1 atom stereocenters. The number of nitrogens with one attached hydrogen (secondary N) is 1. The second-order valence-corrected chi connectivity index (χ2v) is 10.3. The van der Waals surface area contributed by atoms with E-state index in [0.29, 0.717) is 46.9 Å². The molecule has 1 aliphatic carbocycles. The Morgan fingerprint density at radius 2 is 1.79 bits per heavy atom. The number of ketones is 1. The van der Waals surface area contributed by atoms with Gasteiger partial charge in [-0.15, -0.1) is 0 Å². The van der Waals surface area contributed by atoms with E-state index in [0.717, 1.165) is 16.8 Å². The molecule has 0 unspecified atom stereocenters. The van der Waals surface area contributed by atoms with E-state index in [1.54, 1.807) is 19.2 Å². The van der Waals surface area contributed by atoms with Gasteiger partial charge in [-0.3, -0.25) is 4.79 Å². The van der Waals surface area contributed by atoms with Crippen molar-refractivity contribution in [2.45, 2.75) is 46.1 Å². The van der Waals surface area contributed by atoms with Crippen LogP contribution in [0.5, 0.6) is 17.2 Å². The highest BCUT2D eigenvalue weighted by Gasteiger charge is 2.43. The molecule has 1 heterocycles. The maximum Gasteiger partial charge on any atom is 0.337 e. The summed E-state index contributed by atoms with van der Waals surface area (Å²) in [7, 11) is 3.12. The fraction of sp³-hybridized carbons (Fsp3) is 0.400. The molecular weight excluding hydrogens is 486 g/mol. The topological polar surface area (TPSA) is 103 Å². The number of aliphatic hydroxyl groups excluding tert-OH is 1. The molecule has 2 aromatic rings. The molecule has 202 valence electrons. The second kappa shape index (κ2) is 11.3. The number of carbonyl (C=O) groups excluding carboxylic acids is 2. The molecule has 2 aromatic carbocycles. The molecule has 0 saturated carbocycles. The molecule has 0 bridgehead atoms. The molecular formula is C30H35NO7. The van der Waals surface area contributed by atoms with Gasteiger partial charge in [-0.2, -0.15) is 0 Å². The number of allylic oxidation sites excluding steroid dienone is 3. The number of rotatable bonds is 9. The average Bonchev–Trinajstić information content (AvgIpc) is 2.89. The predicted molar refractivity (Wildman–Crippen MR) is 142 cm³/mol. The SMILES string of the molecule is COc1ccc(COC(=O)C2=C(C)NC3=C(C(=O)CC(C)(C)C3)[C@H]2c2ccc(OCCO)c(OC)c2)cc1. The lowest BCUT2D eigenvalue weighted by atomic mass is 9.68. The third kappa shape index (κ3) is 5.70. The summed E-state index contributed by atoms with van der Waals surface area (Å²) in [4.78, 5) is 27.1. The van der Waals surface area contributed by atoms with Gasteiger partial charge in [-0.05, 0) is 54.2 Å². The standard InChI is InChI=1S/C30H35NO7/c1-18-26(29(34)38-17-19-6-9-21(35-4)10-7-19)27(28-22(31-18)15-30(2,3)16-23(28)33)20-8-11-24(37-13-12-32)25(14-20)36-5/h6-11,14,27,31-32H,12-13,15-17H2,1-5H3/t27-/m0/s1. The minimum Gasteiger partial charge on any atom is -0.497 e. The van der Waals surface area contributed by atoms with Gasteiger partial charge in [0.05, 0.1) is 26.4 Å². The van der Waals surface area contributed by atoms with Crippen LogP contribution in [0.15, 0.2) is 65.0 Å². The van der Waals surface area contributed by atoms with E-state index in [4.69, 9.17) is 24.1 Å². The summed E-state index contributed by atoms with van der Waals surface area (Å²) in [5.74, 6) is 0.506. The Bertz CT molecular complexity index is 1270. The molecule has 0 amide bonds. The molecule has 0 radical (unpaired) electrons. The van der Waals surface area contributed by atoms with E-state index < -0.39 is 11.9 Å². The molecule has 38 heavy (non-hydrogen) atoms. The van der Waals surface area contributed by atoms with Crippen LogP contribution in [0.4, 0.5) is 0 Å². The summed E-state index contributed by atoms with van der Waals surface area (Å²) < 4.78 is 22.1. The molecule has 0 saturated heterocycles. The first-order valence-corrected chi connectivity index (χ1v) is 12.6. The number of hydrogen-bond donors (Lipinski definition) is 2. The van der Waals surface area contributed by atoms with Crippen LogP contribution in [0, 0.1) is 5.41 Å². The second-order valence-electron chi connectivity index (χ2n) is 10.3. The van der Waals surface area contributed by atoms with E-state index in [9.17, 15) is 9.59 Å². The highest BCUT2D eigenvalue weighted by Crippen LogP contribution is 2.48. The number of benzene rings is 2. The first-order valence-electron chi connectivity index (χ1n) is 12.6. The van der Waals surface area contributed by atoms with Crippen molar-refractivity contribution in [3.8, 4) is 17.2 Å². The Kier molecular flexibility index (Phi) is 8.11. The average molecular weight is 522 g/mol. The van der Waals surface area contributed by atoms with Gasteiger partial charge in [-0.1, -0.05) is 32.0 Å². The number of methoxy groups -OCH3 is 2. The Hall–Kier alpha value is -3.78. The fourth-order valence-electron chi connectivity index (χ4n) is 5.13. The molecule has 8 nitrogen and oxygen atoms in total. The number of Topliss-reactive ketones (excluding diaryl/α,β-unsaturated/α-hetero) is 1. The Balaban J connectivity index is 1.72. The molecule has 2 N–H and O–H groups in total. The van der Waals surface area contributed by atoms with Crippen molar-refractivity contribution in [2.75, 3.05) is 27.4 Å². The summed E-state index contributed by atoms with van der Waals surface area (Å²) in [6.45, 7) is 6.04. The van der Waals surface area contributed by atoms with Gasteiger partial charge in [0, 0.05) is 29.3 Å². The van der Waals surface area contributed by atoms with Crippen LogP contribution in [-0.2, 0) is 20.9 Å². The van der Waals surface area contributed by atoms with Crippen LogP contribution >= 0.6 is 0 Å². The highest BCUT2D eigenvalue weighted by molar-refractivity contribution is 6.04. The van der Waals surface area contributed by atoms with Crippen molar-refractivity contribution in [3.05, 3.63) is 76.1 Å². The van der Waals surface area contributed by atoms with E-state index in [1.807, 2.05) is 37.3 Å². The Labute approximate surface area is 223 Å². The van der Waals surface area contributed by atoms with Crippen LogP contribution in [0.1, 0.15) is 50.7 Å². The fourth-order valence-corrected chi connectivity index (χ4v) is 5.13. The lowest BCUT2D eigenvalue weighted by molar-refractivity contribution is -0.140. The smallest absolute Gasteiger partial charge is 0.337 e. The molecule has 4 rings (SSSR count). The molecule has 1 aliphatic heterocycles. The van der Waals surface area contributed by atoms with Crippen molar-refractivity contribution in [1.29, 1.82) is 0 Å². The largest absolute Gasteiger partial charge is 0.497 e. The summed E-state index contributed by atoms with van der Waals surface area (Å²) in [5, 5.41) is 12.5. The van der Waals surface area contributed by atoms with Gasteiger partial charge in [0.1, 0.15) is 19.0 Å². The number of hydrogen-bond acceptors (Lipinski definition) is 8. The molecule has 8 heteroatoms. The predicted octanol–water partition coefficient (Wildman–Crippen LogP) is 4.42.